The monoisotopic (exact) mass is 263 g/mol. The molecule has 2 N–H and O–H groups in total. The van der Waals surface area contributed by atoms with Gasteiger partial charge in [-0.15, -0.1) is 0 Å². The third-order valence-electron chi connectivity index (χ3n) is 3.27. The first-order chi connectivity index (χ1) is 8.79. The molecule has 0 fully saturated rings. The largest absolute Gasteiger partial charge is 0.390 e. The molecular formula is C13H14ClN3O. The van der Waals surface area contributed by atoms with Crippen molar-refractivity contribution in [3.05, 3.63) is 51.8 Å². The van der Waals surface area contributed by atoms with E-state index in [1.165, 1.54) is 0 Å². The summed E-state index contributed by atoms with van der Waals surface area (Å²) in [5.41, 5.74) is 4.09. The number of nitrogens with zero attached hydrogens (tertiary/aromatic N) is 2. The van der Waals surface area contributed by atoms with Crippen LogP contribution in [-0.4, -0.2) is 14.9 Å². The summed E-state index contributed by atoms with van der Waals surface area (Å²) in [7, 11) is 0. The maximum atomic E-state index is 9.31. The third-order valence-corrected chi connectivity index (χ3v) is 3.64. The zero-order valence-corrected chi connectivity index (χ0v) is 10.6. The summed E-state index contributed by atoms with van der Waals surface area (Å²) in [6.07, 6.45) is 0. The first kappa shape index (κ1) is 11.7. The predicted octanol–water partition coefficient (Wildman–Crippen LogP) is 1.68. The quantitative estimate of drug-likeness (QED) is 0.886. The molecule has 0 unspecified atom stereocenters. The number of nitrogens with one attached hydrogen (secondary N) is 1. The van der Waals surface area contributed by atoms with Crippen molar-refractivity contribution in [2.75, 3.05) is 0 Å². The normalized spacial score (nSPS) is 13.9. The van der Waals surface area contributed by atoms with Crippen molar-refractivity contribution in [1.29, 1.82) is 0 Å². The van der Waals surface area contributed by atoms with Crippen LogP contribution in [0.3, 0.4) is 0 Å². The van der Waals surface area contributed by atoms with Crippen molar-refractivity contribution >= 4 is 11.6 Å². The Morgan fingerprint density at radius 2 is 2.17 bits per heavy atom. The van der Waals surface area contributed by atoms with Crippen molar-refractivity contribution in [2.24, 2.45) is 0 Å². The Morgan fingerprint density at radius 1 is 1.33 bits per heavy atom. The number of aliphatic hydroxyl groups is 1. The van der Waals surface area contributed by atoms with E-state index in [1.807, 2.05) is 28.9 Å². The maximum Gasteiger partial charge on any atom is 0.0927 e. The Labute approximate surface area is 110 Å². The molecule has 0 radical (unpaired) electrons. The van der Waals surface area contributed by atoms with Crippen molar-refractivity contribution in [3.8, 4) is 0 Å². The summed E-state index contributed by atoms with van der Waals surface area (Å²) >= 11 is 6.16. The van der Waals surface area contributed by atoms with Crippen molar-refractivity contribution in [1.82, 2.24) is 15.1 Å². The number of hydrogen-bond donors (Lipinski definition) is 2. The molecule has 0 bridgehead atoms. The highest BCUT2D eigenvalue weighted by Crippen LogP contribution is 2.22. The molecule has 1 aliphatic rings. The van der Waals surface area contributed by atoms with E-state index in [1.54, 1.807) is 0 Å². The minimum atomic E-state index is -0.0144. The topological polar surface area (TPSA) is 50.1 Å². The standard InChI is InChI=1S/C13H14ClN3O/c14-11-4-2-1-3-9(11)7-17-13-6-15-5-10(13)12(8-18)16-17/h1-4,15,18H,5-8H2. The van der Waals surface area contributed by atoms with Crippen LogP contribution in [0.1, 0.15) is 22.5 Å². The fourth-order valence-corrected chi connectivity index (χ4v) is 2.54. The first-order valence-electron chi connectivity index (χ1n) is 5.92. The molecule has 5 heteroatoms. The van der Waals surface area contributed by atoms with Crippen LogP contribution in [0.25, 0.3) is 0 Å². The number of halogens is 1. The number of fused-ring (bicyclic) bond motifs is 1. The Balaban J connectivity index is 1.96. The van der Waals surface area contributed by atoms with Gasteiger partial charge in [0, 0.05) is 23.7 Å². The van der Waals surface area contributed by atoms with Gasteiger partial charge in [0.05, 0.1) is 24.5 Å². The van der Waals surface area contributed by atoms with Crippen molar-refractivity contribution in [2.45, 2.75) is 26.2 Å². The molecule has 2 aromatic rings. The van der Waals surface area contributed by atoms with E-state index in [4.69, 9.17) is 11.6 Å². The minimum Gasteiger partial charge on any atom is -0.390 e. The van der Waals surface area contributed by atoms with E-state index < -0.39 is 0 Å². The highest BCUT2D eigenvalue weighted by Gasteiger charge is 2.21. The average Bonchev–Trinajstić information content (AvgIpc) is 2.95. The highest BCUT2D eigenvalue weighted by atomic mass is 35.5. The molecule has 0 spiro atoms. The highest BCUT2D eigenvalue weighted by molar-refractivity contribution is 6.31. The lowest BCUT2D eigenvalue weighted by atomic mass is 10.2. The van der Waals surface area contributed by atoms with Crippen LogP contribution in [0.2, 0.25) is 5.02 Å². The van der Waals surface area contributed by atoms with Gasteiger partial charge >= 0.3 is 0 Å². The van der Waals surface area contributed by atoms with Gasteiger partial charge in [-0.3, -0.25) is 4.68 Å². The summed E-state index contributed by atoms with van der Waals surface area (Å²) in [6, 6.07) is 7.76. The molecule has 0 atom stereocenters. The number of benzene rings is 1. The van der Waals surface area contributed by atoms with Gasteiger partial charge in [-0.25, -0.2) is 0 Å². The minimum absolute atomic E-state index is 0.0144. The van der Waals surface area contributed by atoms with E-state index in [2.05, 4.69) is 10.4 Å². The molecule has 0 saturated heterocycles. The van der Waals surface area contributed by atoms with Crippen LogP contribution < -0.4 is 5.32 Å². The molecule has 1 aromatic carbocycles. The van der Waals surface area contributed by atoms with Gasteiger partial charge in [0.2, 0.25) is 0 Å². The Hall–Kier alpha value is -1.36. The van der Waals surface area contributed by atoms with Gasteiger partial charge in [-0.2, -0.15) is 5.10 Å². The summed E-state index contributed by atoms with van der Waals surface area (Å²) in [6.45, 7) is 2.21. The second-order valence-corrected chi connectivity index (χ2v) is 4.79. The van der Waals surface area contributed by atoms with Gasteiger partial charge in [0.1, 0.15) is 0 Å². The molecule has 1 aromatic heterocycles. The fraction of sp³-hybridized carbons (Fsp3) is 0.308. The third kappa shape index (κ3) is 1.92. The van der Waals surface area contributed by atoms with Crippen LogP contribution in [0, 0.1) is 0 Å². The molecular weight excluding hydrogens is 250 g/mol. The van der Waals surface area contributed by atoms with Gasteiger partial charge in [-0.1, -0.05) is 29.8 Å². The molecule has 0 amide bonds. The average molecular weight is 264 g/mol. The zero-order chi connectivity index (χ0) is 12.5. The summed E-state index contributed by atoms with van der Waals surface area (Å²) in [5.74, 6) is 0. The summed E-state index contributed by atoms with van der Waals surface area (Å²) in [5, 5.41) is 17.8. The van der Waals surface area contributed by atoms with Crippen molar-refractivity contribution in [3.63, 3.8) is 0 Å². The van der Waals surface area contributed by atoms with Crippen LogP contribution in [0.5, 0.6) is 0 Å². The smallest absolute Gasteiger partial charge is 0.0927 e. The predicted molar refractivity (Wildman–Crippen MR) is 69.2 cm³/mol. The molecule has 2 heterocycles. The van der Waals surface area contributed by atoms with E-state index >= 15 is 0 Å². The number of hydrogen-bond acceptors (Lipinski definition) is 3. The van der Waals surface area contributed by atoms with Crippen molar-refractivity contribution < 1.29 is 5.11 Å². The van der Waals surface area contributed by atoms with E-state index in [0.29, 0.717) is 6.54 Å². The molecule has 94 valence electrons. The van der Waals surface area contributed by atoms with Gasteiger partial charge in [0.15, 0.2) is 0 Å². The van der Waals surface area contributed by atoms with Crippen LogP contribution in [0.4, 0.5) is 0 Å². The first-order valence-corrected chi connectivity index (χ1v) is 6.30. The van der Waals surface area contributed by atoms with E-state index in [-0.39, 0.29) is 6.61 Å². The lowest BCUT2D eigenvalue weighted by molar-refractivity contribution is 0.274. The summed E-state index contributed by atoms with van der Waals surface area (Å²) in [4.78, 5) is 0. The maximum absolute atomic E-state index is 9.31. The number of rotatable bonds is 3. The molecule has 3 rings (SSSR count). The van der Waals surface area contributed by atoms with Gasteiger partial charge in [0.25, 0.3) is 0 Å². The molecule has 4 nitrogen and oxygen atoms in total. The zero-order valence-electron chi connectivity index (χ0n) is 9.86. The second kappa shape index (κ2) is 4.72. The van der Waals surface area contributed by atoms with Gasteiger partial charge in [-0.05, 0) is 11.6 Å². The van der Waals surface area contributed by atoms with Crippen LogP contribution in [0.15, 0.2) is 24.3 Å². The fourth-order valence-electron chi connectivity index (χ4n) is 2.34. The Kier molecular flexibility index (Phi) is 3.07. The second-order valence-electron chi connectivity index (χ2n) is 4.38. The lowest BCUT2D eigenvalue weighted by Gasteiger charge is -2.07. The number of aromatic nitrogens is 2. The molecule has 1 aliphatic heterocycles. The van der Waals surface area contributed by atoms with Gasteiger partial charge < -0.3 is 10.4 Å². The molecule has 0 aliphatic carbocycles. The Bertz CT molecular complexity index is 580. The number of aliphatic hydroxyl groups excluding tert-OH is 1. The van der Waals surface area contributed by atoms with Crippen LogP contribution in [-0.2, 0) is 26.2 Å². The van der Waals surface area contributed by atoms with E-state index in [9.17, 15) is 5.11 Å². The van der Waals surface area contributed by atoms with E-state index in [0.717, 1.165) is 40.6 Å². The lowest BCUT2D eigenvalue weighted by Crippen LogP contribution is -2.11. The van der Waals surface area contributed by atoms with Crippen LogP contribution >= 0.6 is 11.6 Å². The Morgan fingerprint density at radius 3 is 2.94 bits per heavy atom. The summed E-state index contributed by atoms with van der Waals surface area (Å²) < 4.78 is 1.93. The molecule has 18 heavy (non-hydrogen) atoms. The molecule has 0 saturated carbocycles. The SMILES string of the molecule is OCc1nn(Cc2ccccc2Cl)c2c1CNC2.